The van der Waals surface area contributed by atoms with E-state index in [-0.39, 0.29) is 0 Å². The molecule has 3 aromatic carbocycles. The van der Waals surface area contributed by atoms with E-state index in [1.807, 2.05) is 42.5 Å². The van der Waals surface area contributed by atoms with Crippen LogP contribution in [0.15, 0.2) is 66.7 Å². The summed E-state index contributed by atoms with van der Waals surface area (Å²) in [4.78, 5) is 4.78. The quantitative estimate of drug-likeness (QED) is 0.311. The number of rotatable bonds is 8. The van der Waals surface area contributed by atoms with Gasteiger partial charge in [-0.2, -0.15) is 0 Å². The van der Waals surface area contributed by atoms with Gasteiger partial charge in [0.25, 0.3) is 0 Å². The molecule has 1 heterocycles. The molecule has 0 aliphatic heterocycles. The molecule has 0 radical (unpaired) electrons. The highest BCUT2D eigenvalue weighted by Crippen LogP contribution is 2.21. The van der Waals surface area contributed by atoms with Gasteiger partial charge in [-0.05, 0) is 79.9 Å². The number of halogens is 1. The monoisotopic (exact) mass is 420 g/mol. The zero-order valence-corrected chi connectivity index (χ0v) is 18.0. The highest BCUT2D eigenvalue weighted by atomic mass is 35.5. The summed E-state index contributed by atoms with van der Waals surface area (Å²) in [6.07, 6.45) is 0.876. The Hall–Kier alpha value is -2.98. The third kappa shape index (κ3) is 4.95. The van der Waals surface area contributed by atoms with Crippen LogP contribution in [0.3, 0.4) is 0 Å². The molecule has 1 aromatic heterocycles. The Kier molecular flexibility index (Phi) is 6.24. The number of aryl methyl sites for hydroxylation is 3. The lowest BCUT2D eigenvalue weighted by Gasteiger charge is -2.12. The fourth-order valence-corrected chi connectivity index (χ4v) is 3.72. The van der Waals surface area contributed by atoms with Crippen LogP contribution in [0.2, 0.25) is 5.02 Å². The molecule has 0 spiro atoms. The topological polar surface area (TPSA) is 36.3 Å². The van der Waals surface area contributed by atoms with Crippen LogP contribution in [0, 0.1) is 13.8 Å². The van der Waals surface area contributed by atoms with Crippen LogP contribution < -0.4 is 9.47 Å². The predicted octanol–water partition coefficient (Wildman–Crippen LogP) is 6.35. The van der Waals surface area contributed by atoms with E-state index < -0.39 is 0 Å². The molecular formula is C25H25ClN2O2. The number of hydrogen-bond donors (Lipinski definition) is 0. The molecule has 0 bridgehead atoms. The van der Waals surface area contributed by atoms with E-state index in [1.54, 1.807) is 0 Å². The normalized spacial score (nSPS) is 11.0. The standard InChI is InChI=1S/C25H25ClN2O2/c1-18-14-19(2)16-22(15-18)29-13-5-12-28-24-7-4-3-6-23(24)27-25(28)17-30-21-10-8-20(26)9-11-21/h3-4,6-11,14-16H,5,12-13,17H2,1-2H3. The molecule has 154 valence electrons. The first-order chi connectivity index (χ1) is 14.6. The molecule has 0 N–H and O–H groups in total. The lowest BCUT2D eigenvalue weighted by atomic mass is 10.1. The van der Waals surface area contributed by atoms with Crippen molar-refractivity contribution >= 4 is 22.6 Å². The van der Waals surface area contributed by atoms with Gasteiger partial charge in [-0.25, -0.2) is 4.98 Å². The van der Waals surface area contributed by atoms with E-state index in [2.05, 4.69) is 42.7 Å². The van der Waals surface area contributed by atoms with Crippen molar-refractivity contribution in [2.75, 3.05) is 6.61 Å². The van der Waals surface area contributed by atoms with Crippen molar-refractivity contribution in [3.8, 4) is 11.5 Å². The van der Waals surface area contributed by atoms with Gasteiger partial charge in [0.15, 0.2) is 0 Å². The highest BCUT2D eigenvalue weighted by molar-refractivity contribution is 6.30. The first kappa shape index (κ1) is 20.3. The minimum absolute atomic E-state index is 0.397. The van der Waals surface area contributed by atoms with Crippen LogP contribution in [0.5, 0.6) is 11.5 Å². The number of benzene rings is 3. The Labute approximate surface area is 182 Å². The van der Waals surface area contributed by atoms with Crippen LogP contribution in [0.25, 0.3) is 11.0 Å². The lowest BCUT2D eigenvalue weighted by molar-refractivity contribution is 0.280. The van der Waals surface area contributed by atoms with Crippen molar-refractivity contribution in [3.63, 3.8) is 0 Å². The Morgan fingerprint density at radius 2 is 1.60 bits per heavy atom. The molecule has 0 saturated heterocycles. The van der Waals surface area contributed by atoms with Crippen molar-refractivity contribution in [1.29, 1.82) is 0 Å². The van der Waals surface area contributed by atoms with Crippen LogP contribution in [-0.4, -0.2) is 16.2 Å². The number of aromatic nitrogens is 2. The van der Waals surface area contributed by atoms with Crippen molar-refractivity contribution in [3.05, 3.63) is 88.7 Å². The van der Waals surface area contributed by atoms with Crippen LogP contribution in [-0.2, 0) is 13.2 Å². The van der Waals surface area contributed by atoms with E-state index in [0.717, 1.165) is 41.3 Å². The van der Waals surface area contributed by atoms with Gasteiger partial charge in [0.2, 0.25) is 0 Å². The number of nitrogens with zero attached hydrogens (tertiary/aromatic N) is 2. The number of para-hydroxylation sites is 2. The SMILES string of the molecule is Cc1cc(C)cc(OCCCn2c(COc3ccc(Cl)cc3)nc3ccccc32)c1. The van der Waals surface area contributed by atoms with Gasteiger partial charge < -0.3 is 14.0 Å². The van der Waals surface area contributed by atoms with Crippen molar-refractivity contribution < 1.29 is 9.47 Å². The largest absolute Gasteiger partial charge is 0.494 e. The molecule has 0 aliphatic carbocycles. The van der Waals surface area contributed by atoms with Gasteiger partial charge >= 0.3 is 0 Å². The first-order valence-corrected chi connectivity index (χ1v) is 10.5. The van der Waals surface area contributed by atoms with Gasteiger partial charge in [-0.15, -0.1) is 0 Å². The summed E-state index contributed by atoms with van der Waals surface area (Å²) in [6.45, 7) is 6.03. The number of ether oxygens (including phenoxy) is 2. The van der Waals surface area contributed by atoms with Crippen LogP contribution in [0.4, 0.5) is 0 Å². The second-order valence-electron chi connectivity index (χ2n) is 7.44. The number of hydrogen-bond acceptors (Lipinski definition) is 3. The van der Waals surface area contributed by atoms with E-state index in [0.29, 0.717) is 18.2 Å². The van der Waals surface area contributed by atoms with Gasteiger partial charge in [0.05, 0.1) is 17.6 Å². The average molecular weight is 421 g/mol. The average Bonchev–Trinajstić information content (AvgIpc) is 3.08. The van der Waals surface area contributed by atoms with E-state index >= 15 is 0 Å². The molecule has 0 aliphatic rings. The second-order valence-corrected chi connectivity index (χ2v) is 7.87. The first-order valence-electron chi connectivity index (χ1n) is 10.1. The summed E-state index contributed by atoms with van der Waals surface area (Å²) >= 11 is 5.96. The molecule has 30 heavy (non-hydrogen) atoms. The Bertz CT molecular complexity index is 1120. The fraction of sp³-hybridized carbons (Fsp3) is 0.240. The third-order valence-corrected chi connectivity index (χ3v) is 5.16. The Balaban J connectivity index is 1.43. The summed E-state index contributed by atoms with van der Waals surface area (Å²) in [5.74, 6) is 2.60. The lowest BCUT2D eigenvalue weighted by Crippen LogP contribution is -2.10. The summed E-state index contributed by atoms with van der Waals surface area (Å²) < 4.78 is 14.1. The van der Waals surface area contributed by atoms with Crippen molar-refractivity contribution in [2.45, 2.75) is 33.4 Å². The summed E-state index contributed by atoms with van der Waals surface area (Å²) in [5.41, 5.74) is 4.51. The maximum absolute atomic E-state index is 5.98. The van der Waals surface area contributed by atoms with E-state index in [4.69, 9.17) is 26.1 Å². The minimum atomic E-state index is 0.397. The Morgan fingerprint density at radius 3 is 2.37 bits per heavy atom. The van der Waals surface area contributed by atoms with E-state index in [9.17, 15) is 0 Å². The zero-order chi connectivity index (χ0) is 20.9. The van der Waals surface area contributed by atoms with Gasteiger partial charge in [0.1, 0.15) is 23.9 Å². The van der Waals surface area contributed by atoms with E-state index in [1.165, 1.54) is 11.1 Å². The molecule has 5 heteroatoms. The fourth-order valence-electron chi connectivity index (χ4n) is 3.59. The maximum Gasteiger partial charge on any atom is 0.147 e. The van der Waals surface area contributed by atoms with Crippen LogP contribution in [0.1, 0.15) is 23.4 Å². The molecule has 0 unspecified atom stereocenters. The molecule has 4 nitrogen and oxygen atoms in total. The highest BCUT2D eigenvalue weighted by Gasteiger charge is 2.11. The second kappa shape index (κ2) is 9.23. The molecule has 0 amide bonds. The molecule has 0 saturated carbocycles. The molecule has 0 atom stereocenters. The molecule has 4 aromatic rings. The predicted molar refractivity (Wildman–Crippen MR) is 122 cm³/mol. The summed E-state index contributed by atoms with van der Waals surface area (Å²) in [6, 6.07) is 21.9. The Morgan fingerprint density at radius 1 is 0.867 bits per heavy atom. The third-order valence-electron chi connectivity index (χ3n) is 4.91. The van der Waals surface area contributed by atoms with Crippen molar-refractivity contribution in [2.24, 2.45) is 0 Å². The molecular weight excluding hydrogens is 396 g/mol. The molecule has 4 rings (SSSR count). The number of imidazole rings is 1. The number of fused-ring (bicyclic) bond motifs is 1. The van der Waals surface area contributed by atoms with Crippen LogP contribution >= 0.6 is 11.6 Å². The summed E-state index contributed by atoms with van der Waals surface area (Å²) in [7, 11) is 0. The smallest absolute Gasteiger partial charge is 0.147 e. The van der Waals surface area contributed by atoms with Gasteiger partial charge in [-0.1, -0.05) is 29.8 Å². The summed E-state index contributed by atoms with van der Waals surface area (Å²) in [5, 5.41) is 0.693. The zero-order valence-electron chi connectivity index (χ0n) is 17.3. The van der Waals surface area contributed by atoms with Crippen molar-refractivity contribution in [1.82, 2.24) is 9.55 Å². The van der Waals surface area contributed by atoms with Gasteiger partial charge in [0, 0.05) is 11.6 Å². The maximum atomic E-state index is 5.98. The van der Waals surface area contributed by atoms with Gasteiger partial charge in [-0.3, -0.25) is 0 Å². The molecule has 0 fully saturated rings. The minimum Gasteiger partial charge on any atom is -0.494 e.